The van der Waals surface area contributed by atoms with Crippen molar-refractivity contribution in [1.29, 1.82) is 0 Å². The summed E-state index contributed by atoms with van der Waals surface area (Å²) < 4.78 is 9.84. The Kier molecular flexibility index (Phi) is 144. The first-order valence-electron chi connectivity index (χ1n) is 19.7. The van der Waals surface area contributed by atoms with Crippen molar-refractivity contribution < 1.29 is 9.47 Å². The highest BCUT2D eigenvalue weighted by Crippen LogP contribution is 2.16. The number of nitrogens with zero attached hydrogens (tertiary/aromatic N) is 3. The third-order valence-corrected chi connectivity index (χ3v) is 6.73. The van der Waals surface area contributed by atoms with Crippen molar-refractivity contribution in [2.75, 3.05) is 54.6 Å². The van der Waals surface area contributed by atoms with Crippen LogP contribution in [0.15, 0.2) is 39.7 Å². The molecule has 0 saturated carbocycles. The molecule has 0 bridgehead atoms. The maximum Gasteiger partial charge on any atom is 0.0919 e. The topological polar surface area (TPSA) is 37.3 Å². The predicted molar refractivity (Wildman–Crippen MR) is 282 cm³/mol. The monoisotopic (exact) mass is 822 g/mol. The molecule has 57 heavy (non-hydrogen) atoms. The van der Waals surface area contributed by atoms with Gasteiger partial charge >= 0.3 is 0 Å². The van der Waals surface area contributed by atoms with Crippen molar-refractivity contribution in [3.05, 3.63) is 34.6 Å². The molecule has 0 radical (unpaired) electrons. The summed E-state index contributed by atoms with van der Waals surface area (Å²) in [6, 6.07) is 0. The number of rotatable bonds is 7. The Hall–Kier alpha value is -2.03. The molecule has 3 rings (SSSR count). The lowest BCUT2D eigenvalue weighted by Crippen LogP contribution is -2.11. The van der Waals surface area contributed by atoms with Gasteiger partial charge in [-0.05, 0) is 99.9 Å². The minimum absolute atomic E-state index is 0. The minimum Gasteiger partial charge on any atom is -0.498 e. The van der Waals surface area contributed by atoms with Gasteiger partial charge in [-0.15, -0.1) is 11.8 Å². The van der Waals surface area contributed by atoms with Crippen LogP contribution in [0.4, 0.5) is 0 Å². The molecular weight excluding hydrogens is 699 g/mol. The molecule has 5 heteroatoms. The molecule has 0 atom stereocenters. The first-order valence-corrected chi connectivity index (χ1v) is 19.7. The highest BCUT2D eigenvalue weighted by molar-refractivity contribution is 5.82. The molecule has 358 valence electrons. The Morgan fingerprint density at radius 2 is 1.09 bits per heavy atom. The molecule has 0 amide bonds. The second-order valence-corrected chi connectivity index (χ2v) is 12.4. The molecule has 0 aromatic carbocycles. The van der Waals surface area contributed by atoms with Crippen molar-refractivity contribution in [2.24, 2.45) is 5.10 Å². The van der Waals surface area contributed by atoms with Crippen LogP contribution in [-0.4, -0.2) is 70.2 Å². The third-order valence-electron chi connectivity index (χ3n) is 6.73. The van der Waals surface area contributed by atoms with Crippen LogP contribution in [0.5, 0.6) is 0 Å². The zero-order valence-corrected chi connectivity index (χ0v) is 37.1. The summed E-state index contributed by atoms with van der Waals surface area (Å²) in [6.45, 7) is 35.6. The molecule has 0 unspecified atom stereocenters. The number of allylic oxidation sites excluding steroid dienone is 5. The van der Waals surface area contributed by atoms with Crippen molar-refractivity contribution >= 4 is 5.71 Å². The van der Waals surface area contributed by atoms with Gasteiger partial charge in [-0.3, -0.25) is 5.01 Å². The fraction of sp³-hybridized carbons (Fsp3) is 0.827. The van der Waals surface area contributed by atoms with Gasteiger partial charge in [0.15, 0.2) is 0 Å². The quantitative estimate of drug-likeness (QED) is 0.240. The Labute approximate surface area is 370 Å². The molecule has 0 aromatic rings. The van der Waals surface area contributed by atoms with Gasteiger partial charge in [-0.25, -0.2) is 0 Å². The van der Waals surface area contributed by atoms with Crippen LogP contribution in [0.2, 0.25) is 0 Å². The lowest BCUT2D eigenvalue weighted by atomic mass is 10.0. The summed E-state index contributed by atoms with van der Waals surface area (Å²) in [5.41, 5.74) is 5.67. The summed E-state index contributed by atoms with van der Waals surface area (Å²) >= 11 is 0. The summed E-state index contributed by atoms with van der Waals surface area (Å²) in [6.07, 6.45) is 19.1. The first kappa shape index (κ1) is 95.4. The highest BCUT2D eigenvalue weighted by Gasteiger charge is 2.04. The molecule has 2 aliphatic heterocycles. The fourth-order valence-corrected chi connectivity index (χ4v) is 3.12. The second kappa shape index (κ2) is 86.0. The van der Waals surface area contributed by atoms with E-state index in [0.29, 0.717) is 0 Å². The van der Waals surface area contributed by atoms with Gasteiger partial charge in [0.2, 0.25) is 0 Å². The summed E-state index contributed by atoms with van der Waals surface area (Å²) in [5, 5.41) is 6.11. The number of methoxy groups -OCH3 is 1. The molecule has 5 nitrogen and oxygen atoms in total. The summed E-state index contributed by atoms with van der Waals surface area (Å²) in [5.74, 6) is 6.89. The van der Waals surface area contributed by atoms with Crippen LogP contribution in [0.1, 0.15) is 240 Å². The fourth-order valence-electron chi connectivity index (χ4n) is 3.12. The van der Waals surface area contributed by atoms with E-state index in [1.807, 2.05) is 39.8 Å². The van der Waals surface area contributed by atoms with Crippen LogP contribution >= 0.6 is 0 Å². The Morgan fingerprint density at radius 1 is 0.667 bits per heavy atom. The van der Waals surface area contributed by atoms with E-state index in [-0.39, 0.29) is 59.4 Å². The van der Waals surface area contributed by atoms with Crippen molar-refractivity contribution in [3.8, 4) is 11.8 Å². The first-order chi connectivity index (χ1) is 23.3. The molecule has 2 heterocycles. The molecule has 3 aliphatic rings. The van der Waals surface area contributed by atoms with Crippen molar-refractivity contribution in [2.45, 2.75) is 240 Å². The van der Waals surface area contributed by atoms with E-state index >= 15 is 0 Å². The maximum absolute atomic E-state index is 5.14. The second-order valence-electron chi connectivity index (χ2n) is 12.4. The standard InChI is InChI=1S/C8H12.C6H10O.C6H10.C5H10N2.C5H13N.C4H10O.2C4H10.C2H6.8CH4/c1-7-3-5-8(2)6-4-7;1-5-3-4-7-6(5)2;1-3-5-6-4-2;1-5-3-4-7(2)6-5;1-4-5-6(2)3;1-3-4-5-2;2*1-3-4-2;1-2;;;;;;;;/h3,5H,4,6H2,1-2H3;3-4H2,1-2H3;3,5H2,1-2H3;3-4H2,1-2H3;4-5H2,1-3H3;3-4H2,1-2H3;2*3-4H2,1-2H3;1-2H3;8*1H4. The number of ether oxygens (including phenoxy) is 2. The average Bonchev–Trinajstić information content (AvgIpc) is 3.68. The zero-order chi connectivity index (χ0) is 39.3. The van der Waals surface area contributed by atoms with E-state index in [9.17, 15) is 0 Å². The van der Waals surface area contributed by atoms with Crippen molar-refractivity contribution in [1.82, 2.24) is 9.91 Å². The predicted octanol–water partition coefficient (Wildman–Crippen LogP) is 18.6. The van der Waals surface area contributed by atoms with Crippen LogP contribution in [0.25, 0.3) is 0 Å². The van der Waals surface area contributed by atoms with Crippen LogP contribution in [0.3, 0.4) is 0 Å². The Bertz CT molecular complexity index is 775. The third kappa shape index (κ3) is 107. The van der Waals surface area contributed by atoms with Gasteiger partial charge in [0.25, 0.3) is 0 Å². The zero-order valence-electron chi connectivity index (χ0n) is 37.1. The van der Waals surface area contributed by atoms with E-state index in [1.54, 1.807) is 7.11 Å². The van der Waals surface area contributed by atoms with E-state index in [4.69, 9.17) is 9.47 Å². The normalized spacial score (nSPS) is 11.4. The molecule has 0 spiro atoms. The van der Waals surface area contributed by atoms with E-state index in [2.05, 4.69) is 124 Å². The van der Waals surface area contributed by atoms with Crippen LogP contribution in [-0.2, 0) is 9.47 Å². The lowest BCUT2D eigenvalue weighted by Gasteiger charge is -2.05. The number of hydrazone groups is 1. The SMILES string of the molecule is C.C.C.C.C.C.C.C.CC.CC#CCCC.CC1=C(C)OCC1.CC1=CC=C(C)CC1.CC1=NN(C)CC1.CCCC.CCCC.CCCN(C)C.CCCOC. The number of unbranched alkanes of at least 4 members (excludes halogenated alkanes) is 3. The number of hydrogen-bond acceptors (Lipinski definition) is 5. The molecular formula is C52H123N3O2. The van der Waals surface area contributed by atoms with Gasteiger partial charge in [-0.1, -0.05) is 171 Å². The van der Waals surface area contributed by atoms with Crippen molar-refractivity contribution in [3.63, 3.8) is 0 Å². The van der Waals surface area contributed by atoms with E-state index in [1.165, 1.54) is 80.3 Å². The maximum atomic E-state index is 5.14. The highest BCUT2D eigenvalue weighted by atomic mass is 16.5. The van der Waals surface area contributed by atoms with Gasteiger partial charge in [-0.2, -0.15) is 5.10 Å². The molecule has 0 N–H and O–H groups in total. The van der Waals surface area contributed by atoms with E-state index in [0.717, 1.165) is 51.2 Å². The molecule has 1 aliphatic carbocycles. The van der Waals surface area contributed by atoms with Gasteiger partial charge in [0.05, 0.1) is 12.4 Å². The Balaban J connectivity index is -0.0000000304. The largest absolute Gasteiger partial charge is 0.498 e. The lowest BCUT2D eigenvalue weighted by molar-refractivity contribution is 0.199. The number of hydrogen-bond donors (Lipinski definition) is 0. The smallest absolute Gasteiger partial charge is 0.0919 e. The van der Waals surface area contributed by atoms with E-state index < -0.39 is 0 Å². The minimum atomic E-state index is 0. The molecule has 0 saturated heterocycles. The Morgan fingerprint density at radius 3 is 1.18 bits per heavy atom. The summed E-state index contributed by atoms with van der Waals surface area (Å²) in [7, 11) is 7.88. The van der Waals surface area contributed by atoms with Crippen LogP contribution in [0, 0.1) is 11.8 Å². The van der Waals surface area contributed by atoms with Gasteiger partial charge in [0, 0.05) is 52.3 Å². The van der Waals surface area contributed by atoms with Gasteiger partial charge in [0.1, 0.15) is 0 Å². The summed E-state index contributed by atoms with van der Waals surface area (Å²) in [4.78, 5) is 2.18. The molecule has 0 fully saturated rings. The average molecular weight is 823 g/mol. The van der Waals surface area contributed by atoms with Gasteiger partial charge < -0.3 is 14.4 Å². The van der Waals surface area contributed by atoms with Crippen LogP contribution < -0.4 is 0 Å². The molecule has 0 aromatic heterocycles.